The lowest BCUT2D eigenvalue weighted by Gasteiger charge is -2.20. The van der Waals surface area contributed by atoms with Crippen molar-refractivity contribution < 1.29 is 4.79 Å². The second-order valence-electron chi connectivity index (χ2n) is 10.1. The van der Waals surface area contributed by atoms with Crippen LogP contribution in [0.15, 0.2) is 94.9 Å². The summed E-state index contributed by atoms with van der Waals surface area (Å²) in [5.74, 6) is 0.500. The largest absolute Gasteiger partial charge is 0.321 e. The van der Waals surface area contributed by atoms with E-state index in [9.17, 15) is 4.79 Å². The normalized spacial score (nSPS) is 11.6. The molecule has 2 aromatic heterocycles. The van der Waals surface area contributed by atoms with Crippen LogP contribution in [0.1, 0.15) is 72.4 Å². The summed E-state index contributed by atoms with van der Waals surface area (Å²) < 4.78 is 0. The van der Waals surface area contributed by atoms with Gasteiger partial charge in [0.1, 0.15) is 0 Å². The second-order valence-corrected chi connectivity index (χ2v) is 11.2. The second kappa shape index (κ2) is 11.7. The molecule has 0 fully saturated rings. The van der Waals surface area contributed by atoms with Crippen LogP contribution in [-0.4, -0.2) is 21.1 Å². The van der Waals surface area contributed by atoms with Gasteiger partial charge in [-0.15, -0.1) is 0 Å². The van der Waals surface area contributed by atoms with E-state index in [4.69, 9.17) is 0 Å². The molecular weight excluding hydrogens is 500 g/mol. The molecule has 0 unspecified atom stereocenters. The predicted octanol–water partition coefficient (Wildman–Crippen LogP) is 8.78. The van der Waals surface area contributed by atoms with E-state index in [1.165, 1.54) is 0 Å². The molecule has 2 heterocycles. The lowest BCUT2D eigenvalue weighted by atomic mass is 9.92. The number of aromatic amines is 1. The van der Waals surface area contributed by atoms with Gasteiger partial charge in [-0.1, -0.05) is 75.9 Å². The number of amides is 1. The number of rotatable bonds is 8. The lowest BCUT2D eigenvalue weighted by Crippen LogP contribution is -2.16. The van der Waals surface area contributed by atoms with Gasteiger partial charge >= 0.3 is 0 Å². The Balaban J connectivity index is 1.40. The van der Waals surface area contributed by atoms with E-state index in [2.05, 4.69) is 84.6 Å². The SMILES string of the molecule is CC(C)c1cccc(C(C)C)c1NC(=O)c1ccccc1Sc1ccc2c(/C=C/c3ccccn3)n[nH]c2c1. The molecule has 39 heavy (non-hydrogen) atoms. The van der Waals surface area contributed by atoms with Crippen molar-refractivity contribution in [3.05, 3.63) is 113 Å². The highest BCUT2D eigenvalue weighted by molar-refractivity contribution is 7.99. The zero-order valence-electron chi connectivity index (χ0n) is 22.6. The third kappa shape index (κ3) is 5.96. The van der Waals surface area contributed by atoms with E-state index < -0.39 is 0 Å². The maximum absolute atomic E-state index is 13.6. The summed E-state index contributed by atoms with van der Waals surface area (Å²) in [7, 11) is 0. The predicted molar refractivity (Wildman–Crippen MR) is 162 cm³/mol. The molecule has 0 bridgehead atoms. The first-order valence-electron chi connectivity index (χ1n) is 13.2. The van der Waals surface area contributed by atoms with Gasteiger partial charge < -0.3 is 5.32 Å². The highest BCUT2D eigenvalue weighted by Gasteiger charge is 2.19. The Labute approximate surface area is 233 Å². The molecule has 0 radical (unpaired) electrons. The van der Waals surface area contributed by atoms with Crippen LogP contribution in [0.4, 0.5) is 5.69 Å². The number of para-hydroxylation sites is 1. The van der Waals surface area contributed by atoms with Crippen LogP contribution in [-0.2, 0) is 0 Å². The Kier molecular flexibility index (Phi) is 7.94. The van der Waals surface area contributed by atoms with Crippen LogP contribution in [0, 0.1) is 0 Å². The maximum atomic E-state index is 13.6. The molecule has 0 aliphatic carbocycles. The fraction of sp³-hybridized carbons (Fsp3) is 0.182. The Morgan fingerprint density at radius 1 is 0.872 bits per heavy atom. The number of fused-ring (bicyclic) bond motifs is 1. The van der Waals surface area contributed by atoms with Crippen molar-refractivity contribution in [3.8, 4) is 0 Å². The standard InChI is InChI=1S/C33H32N4OS/c1-21(2)25-12-9-13-26(22(3)4)32(25)35-33(38)28-11-5-6-14-31(28)39-24-16-17-27-29(36-37-30(27)20-24)18-15-23-10-7-8-19-34-23/h5-22H,1-4H3,(H,35,38)(H,36,37)/b18-15+. The number of nitrogens with one attached hydrogen (secondary N) is 2. The van der Waals surface area contributed by atoms with Gasteiger partial charge in [-0.25, -0.2) is 0 Å². The summed E-state index contributed by atoms with van der Waals surface area (Å²) in [4.78, 5) is 19.9. The minimum absolute atomic E-state index is 0.0994. The van der Waals surface area contributed by atoms with Gasteiger partial charge in [0.15, 0.2) is 0 Å². The number of H-pyrrole nitrogens is 1. The summed E-state index contributed by atoms with van der Waals surface area (Å²) in [6, 6.07) is 26.1. The molecule has 5 aromatic rings. The molecule has 0 aliphatic rings. The zero-order chi connectivity index (χ0) is 27.4. The number of aromatic nitrogens is 3. The topological polar surface area (TPSA) is 70.7 Å². The molecule has 0 saturated heterocycles. The number of carbonyl (C=O) groups is 1. The molecular formula is C33H32N4OS. The van der Waals surface area contributed by atoms with Crippen LogP contribution in [0.5, 0.6) is 0 Å². The molecule has 5 rings (SSSR count). The fourth-order valence-electron chi connectivity index (χ4n) is 4.60. The highest BCUT2D eigenvalue weighted by atomic mass is 32.2. The average Bonchev–Trinajstić information content (AvgIpc) is 3.34. The molecule has 2 N–H and O–H groups in total. The molecule has 0 atom stereocenters. The maximum Gasteiger partial charge on any atom is 0.256 e. The van der Waals surface area contributed by atoms with Crippen LogP contribution in [0.3, 0.4) is 0 Å². The van der Waals surface area contributed by atoms with Crippen molar-refractivity contribution in [1.82, 2.24) is 15.2 Å². The number of anilines is 1. The quantitative estimate of drug-likeness (QED) is 0.209. The Morgan fingerprint density at radius 3 is 2.33 bits per heavy atom. The molecule has 5 nitrogen and oxygen atoms in total. The van der Waals surface area contributed by atoms with Gasteiger partial charge in [0, 0.05) is 27.1 Å². The third-order valence-corrected chi connectivity index (χ3v) is 7.70. The van der Waals surface area contributed by atoms with E-state index >= 15 is 0 Å². The van der Waals surface area contributed by atoms with Crippen LogP contribution < -0.4 is 5.32 Å². The van der Waals surface area contributed by atoms with Crippen molar-refractivity contribution in [2.75, 3.05) is 5.32 Å². The first-order valence-corrected chi connectivity index (χ1v) is 14.0. The zero-order valence-corrected chi connectivity index (χ0v) is 23.4. The Hall–Kier alpha value is -4.16. The molecule has 6 heteroatoms. The van der Waals surface area contributed by atoms with E-state index in [0.29, 0.717) is 17.4 Å². The van der Waals surface area contributed by atoms with E-state index in [0.717, 1.165) is 48.9 Å². The van der Waals surface area contributed by atoms with Gasteiger partial charge in [-0.2, -0.15) is 5.10 Å². The average molecular weight is 533 g/mol. The van der Waals surface area contributed by atoms with Gasteiger partial charge in [0.25, 0.3) is 5.91 Å². The van der Waals surface area contributed by atoms with Gasteiger partial charge in [-0.3, -0.25) is 14.9 Å². The lowest BCUT2D eigenvalue weighted by molar-refractivity contribution is 0.102. The number of carbonyl (C=O) groups excluding carboxylic acids is 1. The Bertz CT molecular complexity index is 1610. The molecule has 0 aliphatic heterocycles. The van der Waals surface area contributed by atoms with Crippen molar-refractivity contribution in [3.63, 3.8) is 0 Å². The number of pyridine rings is 1. The van der Waals surface area contributed by atoms with Crippen molar-refractivity contribution in [2.24, 2.45) is 0 Å². The molecule has 3 aromatic carbocycles. The molecule has 0 saturated carbocycles. The van der Waals surface area contributed by atoms with Crippen LogP contribution in [0.25, 0.3) is 23.1 Å². The van der Waals surface area contributed by atoms with Crippen molar-refractivity contribution >= 4 is 46.4 Å². The first kappa shape index (κ1) is 26.4. The number of nitrogens with zero attached hydrogens (tertiary/aromatic N) is 2. The van der Waals surface area contributed by atoms with Crippen LogP contribution >= 0.6 is 11.8 Å². The summed E-state index contributed by atoms with van der Waals surface area (Å²) in [5.41, 5.74) is 6.56. The first-order chi connectivity index (χ1) is 18.9. The molecule has 196 valence electrons. The minimum Gasteiger partial charge on any atom is -0.321 e. The van der Waals surface area contributed by atoms with Gasteiger partial charge in [0.2, 0.25) is 0 Å². The smallest absolute Gasteiger partial charge is 0.256 e. The number of benzene rings is 3. The van der Waals surface area contributed by atoms with Gasteiger partial charge in [-0.05, 0) is 77.6 Å². The number of hydrogen-bond acceptors (Lipinski definition) is 4. The Morgan fingerprint density at radius 2 is 1.62 bits per heavy atom. The monoisotopic (exact) mass is 532 g/mol. The summed E-state index contributed by atoms with van der Waals surface area (Å²) in [5, 5.41) is 11.9. The minimum atomic E-state index is -0.0994. The summed E-state index contributed by atoms with van der Waals surface area (Å²) >= 11 is 1.57. The third-order valence-electron chi connectivity index (χ3n) is 6.63. The van der Waals surface area contributed by atoms with E-state index in [1.54, 1.807) is 18.0 Å². The molecule has 0 spiro atoms. The van der Waals surface area contributed by atoms with Crippen LogP contribution in [0.2, 0.25) is 0 Å². The van der Waals surface area contributed by atoms with E-state index in [1.807, 2.05) is 54.6 Å². The number of hydrogen-bond donors (Lipinski definition) is 2. The van der Waals surface area contributed by atoms with Crippen molar-refractivity contribution in [2.45, 2.75) is 49.3 Å². The van der Waals surface area contributed by atoms with Crippen molar-refractivity contribution in [1.29, 1.82) is 0 Å². The summed E-state index contributed by atoms with van der Waals surface area (Å²) in [6.45, 7) is 8.63. The fourth-order valence-corrected chi connectivity index (χ4v) is 5.58. The molecule has 1 amide bonds. The van der Waals surface area contributed by atoms with E-state index in [-0.39, 0.29) is 5.91 Å². The highest BCUT2D eigenvalue weighted by Crippen LogP contribution is 2.35. The van der Waals surface area contributed by atoms with Gasteiger partial charge in [0.05, 0.1) is 22.5 Å². The summed E-state index contributed by atoms with van der Waals surface area (Å²) in [6.07, 6.45) is 5.69.